The fourth-order valence-electron chi connectivity index (χ4n) is 3.47. The number of hydrogen-bond donors (Lipinski definition) is 0. The molecule has 4 rings (SSSR count). The second kappa shape index (κ2) is 8.40. The third-order valence-corrected chi connectivity index (χ3v) is 5.38. The van der Waals surface area contributed by atoms with Crippen LogP contribution < -0.4 is 16.0 Å². The zero-order chi connectivity index (χ0) is 22.1. The molecule has 160 valence electrons. The van der Waals surface area contributed by atoms with Gasteiger partial charge in [-0.25, -0.2) is 9.78 Å². The highest BCUT2D eigenvalue weighted by Crippen LogP contribution is 2.33. The van der Waals surface area contributed by atoms with Crippen molar-refractivity contribution < 1.29 is 17.8 Å². The van der Waals surface area contributed by atoms with Gasteiger partial charge in [-0.3, -0.25) is 9.36 Å². The van der Waals surface area contributed by atoms with Crippen LogP contribution in [0.1, 0.15) is 11.1 Å². The zero-order valence-electron chi connectivity index (χ0n) is 16.9. The molecular weight excluding hydrogens is 425 g/mol. The Kier molecular flexibility index (Phi) is 5.66. The smallest absolute Gasteiger partial charge is 0.343 e. The predicted octanol–water partition coefficient (Wildman–Crippen LogP) is 3.98. The molecule has 0 saturated heterocycles. The lowest BCUT2D eigenvalue weighted by atomic mass is 10.0. The first-order valence-corrected chi connectivity index (χ1v) is 9.87. The van der Waals surface area contributed by atoms with Gasteiger partial charge < -0.3 is 13.9 Å². The lowest BCUT2D eigenvalue weighted by Gasteiger charge is -2.17. The van der Waals surface area contributed by atoms with E-state index in [1.54, 1.807) is 49.7 Å². The van der Waals surface area contributed by atoms with Gasteiger partial charge in [0.25, 0.3) is 5.56 Å². The summed E-state index contributed by atoms with van der Waals surface area (Å²) in [6.07, 6.45) is 3.14. The van der Waals surface area contributed by atoms with E-state index in [9.17, 15) is 13.5 Å². The number of rotatable bonds is 6. The Hall–Kier alpha value is -3.37. The maximum Gasteiger partial charge on any atom is 0.343 e. The first-order chi connectivity index (χ1) is 15.0. The van der Waals surface area contributed by atoms with E-state index in [0.29, 0.717) is 38.0 Å². The molecule has 0 spiro atoms. The summed E-state index contributed by atoms with van der Waals surface area (Å²) in [7, 11) is 3.02. The van der Waals surface area contributed by atoms with Crippen molar-refractivity contribution in [2.45, 2.75) is 13.5 Å². The van der Waals surface area contributed by atoms with Crippen LogP contribution in [0.15, 0.2) is 56.8 Å². The number of pyridine rings is 1. The molecule has 3 aromatic heterocycles. The number of ether oxygens (including phenoxy) is 2. The molecule has 0 fully saturated rings. The SMILES string of the molecule is COCc1cc(Oc2nccc3occc23)ccc1-c1c(C)c(=O)n(SF)c(=O)n1C. The van der Waals surface area contributed by atoms with Gasteiger partial charge in [-0.05, 0) is 42.8 Å². The minimum Gasteiger partial charge on any atom is -0.464 e. The molecule has 0 saturated carbocycles. The van der Waals surface area contributed by atoms with Crippen molar-refractivity contribution in [2.75, 3.05) is 7.11 Å². The van der Waals surface area contributed by atoms with Crippen molar-refractivity contribution in [3.8, 4) is 22.9 Å². The van der Waals surface area contributed by atoms with Crippen LogP contribution in [0.4, 0.5) is 3.89 Å². The number of benzene rings is 1. The lowest BCUT2D eigenvalue weighted by molar-refractivity contribution is 0.185. The molecular formula is C21H18FN3O5S. The monoisotopic (exact) mass is 443 g/mol. The van der Waals surface area contributed by atoms with E-state index in [2.05, 4.69) is 4.98 Å². The van der Waals surface area contributed by atoms with E-state index < -0.39 is 23.6 Å². The predicted molar refractivity (Wildman–Crippen MR) is 115 cm³/mol. The van der Waals surface area contributed by atoms with Crippen molar-refractivity contribution in [1.29, 1.82) is 0 Å². The van der Waals surface area contributed by atoms with Crippen LogP contribution in [-0.4, -0.2) is 20.6 Å². The summed E-state index contributed by atoms with van der Waals surface area (Å²) >= 11 is -0.414. The van der Waals surface area contributed by atoms with Crippen molar-refractivity contribution >= 4 is 23.3 Å². The molecule has 0 amide bonds. The van der Waals surface area contributed by atoms with Crippen LogP contribution in [-0.2, 0) is 18.4 Å². The highest BCUT2D eigenvalue weighted by Gasteiger charge is 2.19. The summed E-state index contributed by atoms with van der Waals surface area (Å²) in [6, 6.07) is 8.68. The second-order valence-corrected chi connectivity index (χ2v) is 7.29. The fraction of sp³-hybridized carbons (Fsp3) is 0.190. The Morgan fingerprint density at radius 3 is 2.77 bits per heavy atom. The molecule has 0 bridgehead atoms. The van der Waals surface area contributed by atoms with Crippen molar-refractivity contribution in [1.82, 2.24) is 13.5 Å². The number of aromatic nitrogens is 3. The first kappa shape index (κ1) is 20.9. The van der Waals surface area contributed by atoms with Crippen molar-refractivity contribution in [3.63, 3.8) is 0 Å². The molecule has 10 heteroatoms. The standard InChI is InChI=1S/C21H18FN3O5S/c1-12-18(24(2)21(27)25(31-22)20(12)26)15-5-4-14(10-13(15)11-28-3)30-19-16-7-9-29-17(16)6-8-23-19/h4-10H,11H2,1-3H3. The van der Waals surface area contributed by atoms with E-state index in [1.807, 2.05) is 0 Å². The minimum absolute atomic E-state index is 0.199. The van der Waals surface area contributed by atoms with E-state index in [-0.39, 0.29) is 12.2 Å². The minimum atomic E-state index is -0.766. The van der Waals surface area contributed by atoms with Gasteiger partial charge in [-0.2, -0.15) is 3.97 Å². The molecule has 1 aromatic carbocycles. The van der Waals surface area contributed by atoms with Crippen LogP contribution in [0.3, 0.4) is 0 Å². The van der Waals surface area contributed by atoms with Crippen LogP contribution in [0.25, 0.3) is 22.2 Å². The van der Waals surface area contributed by atoms with Gasteiger partial charge in [0.1, 0.15) is 11.3 Å². The number of furan rings is 1. The molecule has 0 unspecified atom stereocenters. The fourth-order valence-corrected chi connectivity index (χ4v) is 3.85. The van der Waals surface area contributed by atoms with E-state index in [0.717, 1.165) is 5.39 Å². The highest BCUT2D eigenvalue weighted by molar-refractivity contribution is 7.92. The van der Waals surface area contributed by atoms with Crippen LogP contribution in [0, 0.1) is 6.92 Å². The largest absolute Gasteiger partial charge is 0.464 e. The maximum atomic E-state index is 13.1. The average Bonchev–Trinajstić information content (AvgIpc) is 3.24. The Morgan fingerprint density at radius 1 is 1.23 bits per heavy atom. The lowest BCUT2D eigenvalue weighted by Crippen LogP contribution is -2.37. The van der Waals surface area contributed by atoms with Gasteiger partial charge in [0, 0.05) is 31.5 Å². The number of hydrogen-bond acceptors (Lipinski definition) is 7. The molecule has 0 atom stereocenters. The third-order valence-electron chi connectivity index (χ3n) is 4.92. The Bertz CT molecular complexity index is 1360. The summed E-state index contributed by atoms with van der Waals surface area (Å²) in [5.41, 5.74) is 1.09. The molecule has 8 nitrogen and oxygen atoms in total. The van der Waals surface area contributed by atoms with Gasteiger partial charge in [0.2, 0.25) is 5.88 Å². The molecule has 3 heterocycles. The highest BCUT2D eigenvalue weighted by atomic mass is 32.2. The van der Waals surface area contributed by atoms with Gasteiger partial charge in [0.15, 0.2) is 12.3 Å². The van der Waals surface area contributed by atoms with Crippen molar-refractivity contribution in [3.05, 3.63) is 74.8 Å². The molecule has 0 aliphatic carbocycles. The quantitative estimate of drug-likeness (QED) is 0.445. The van der Waals surface area contributed by atoms with Crippen LogP contribution in [0.2, 0.25) is 0 Å². The molecule has 4 aromatic rings. The summed E-state index contributed by atoms with van der Waals surface area (Å²) in [5.74, 6) is 0.876. The van der Waals surface area contributed by atoms with Gasteiger partial charge in [-0.1, -0.05) is 0 Å². The molecule has 0 radical (unpaired) electrons. The average molecular weight is 443 g/mol. The third kappa shape index (κ3) is 3.64. The van der Waals surface area contributed by atoms with E-state index in [4.69, 9.17) is 13.9 Å². The summed E-state index contributed by atoms with van der Waals surface area (Å²) in [6.45, 7) is 1.75. The first-order valence-electron chi connectivity index (χ1n) is 9.20. The van der Waals surface area contributed by atoms with Crippen molar-refractivity contribution in [2.24, 2.45) is 7.05 Å². The number of methoxy groups -OCH3 is 1. The molecule has 31 heavy (non-hydrogen) atoms. The molecule has 0 aliphatic rings. The second-order valence-electron chi connectivity index (χ2n) is 6.79. The van der Waals surface area contributed by atoms with E-state index >= 15 is 0 Å². The summed E-state index contributed by atoms with van der Waals surface area (Å²) in [4.78, 5) is 29.2. The van der Waals surface area contributed by atoms with Gasteiger partial charge >= 0.3 is 5.69 Å². The Morgan fingerprint density at radius 2 is 2.03 bits per heavy atom. The van der Waals surface area contributed by atoms with Gasteiger partial charge in [-0.15, -0.1) is 3.89 Å². The van der Waals surface area contributed by atoms with Gasteiger partial charge in [0.05, 0.1) is 24.0 Å². The number of halogens is 1. The number of fused-ring (bicyclic) bond motifs is 1. The molecule has 0 N–H and O–H groups in total. The normalized spacial score (nSPS) is 11.2. The Labute approximate surface area is 180 Å². The topological polar surface area (TPSA) is 88.5 Å². The zero-order valence-corrected chi connectivity index (χ0v) is 17.7. The van der Waals surface area contributed by atoms with Crippen LogP contribution >= 0.6 is 12.3 Å². The van der Waals surface area contributed by atoms with Crippen LogP contribution in [0.5, 0.6) is 11.6 Å². The summed E-state index contributed by atoms with van der Waals surface area (Å²) < 4.78 is 31.5. The molecule has 0 aliphatic heterocycles. The maximum absolute atomic E-state index is 13.1. The summed E-state index contributed by atoms with van der Waals surface area (Å²) in [5, 5.41) is 0.727. The number of nitrogens with zero attached hydrogens (tertiary/aromatic N) is 3. The van der Waals surface area contributed by atoms with E-state index in [1.165, 1.54) is 18.7 Å². The Balaban J connectivity index is 1.83.